The summed E-state index contributed by atoms with van der Waals surface area (Å²) in [5.41, 5.74) is 1.56. The molecule has 0 aliphatic carbocycles. The number of aromatic nitrogens is 2. The highest BCUT2D eigenvalue weighted by Gasteiger charge is 2.15. The summed E-state index contributed by atoms with van der Waals surface area (Å²) in [5.74, 6) is 4.80. The van der Waals surface area contributed by atoms with Gasteiger partial charge in [-0.15, -0.1) is 0 Å². The Morgan fingerprint density at radius 3 is 2.71 bits per heavy atom. The zero-order valence-corrected chi connectivity index (χ0v) is 13.6. The molecule has 0 N–H and O–H groups in total. The highest BCUT2D eigenvalue weighted by atomic mass is 16.5. The van der Waals surface area contributed by atoms with E-state index in [9.17, 15) is 9.59 Å². The molecule has 2 rings (SSSR count). The van der Waals surface area contributed by atoms with Crippen LogP contribution in [-0.4, -0.2) is 28.6 Å². The molecule has 1 aromatic carbocycles. The van der Waals surface area contributed by atoms with Crippen molar-refractivity contribution in [3.05, 3.63) is 53.6 Å². The lowest BCUT2D eigenvalue weighted by molar-refractivity contribution is -0.144. The van der Waals surface area contributed by atoms with Crippen LogP contribution in [0.4, 0.5) is 0 Å². The molecule has 24 heavy (non-hydrogen) atoms. The Bertz CT molecular complexity index is 769. The molecule has 0 spiro atoms. The second kappa shape index (κ2) is 8.53. The van der Waals surface area contributed by atoms with Crippen molar-refractivity contribution in [2.75, 3.05) is 7.11 Å². The van der Waals surface area contributed by atoms with Crippen molar-refractivity contribution in [3.8, 4) is 11.8 Å². The van der Waals surface area contributed by atoms with Crippen LogP contribution in [-0.2, 0) is 27.9 Å². The Labute approximate surface area is 140 Å². The maximum absolute atomic E-state index is 11.7. The topological polar surface area (TPSA) is 70.4 Å². The van der Waals surface area contributed by atoms with Crippen molar-refractivity contribution in [1.82, 2.24) is 9.55 Å². The Kier molecular flexibility index (Phi) is 6.15. The van der Waals surface area contributed by atoms with Gasteiger partial charge in [0.2, 0.25) is 0 Å². The fourth-order valence-corrected chi connectivity index (χ4v) is 1.98. The summed E-state index contributed by atoms with van der Waals surface area (Å²) in [5, 5.41) is 0. The van der Waals surface area contributed by atoms with Gasteiger partial charge in [0.25, 0.3) is 0 Å². The number of hydrogen-bond donors (Lipinski definition) is 0. The second-order valence-electron chi connectivity index (χ2n) is 4.99. The molecule has 0 radical (unpaired) electrons. The van der Waals surface area contributed by atoms with Crippen LogP contribution < -0.4 is 0 Å². The van der Waals surface area contributed by atoms with E-state index in [-0.39, 0.29) is 24.7 Å². The number of ether oxygens (including phenoxy) is 2. The van der Waals surface area contributed by atoms with E-state index in [2.05, 4.69) is 16.8 Å². The lowest BCUT2D eigenvalue weighted by Gasteiger charge is -2.03. The van der Waals surface area contributed by atoms with Crippen LogP contribution in [0, 0.1) is 11.8 Å². The van der Waals surface area contributed by atoms with Gasteiger partial charge in [-0.25, -0.2) is 9.78 Å². The Balaban J connectivity index is 1.84. The van der Waals surface area contributed by atoms with Crippen LogP contribution >= 0.6 is 0 Å². The lowest BCUT2D eigenvalue weighted by atomic mass is 10.2. The molecule has 0 fully saturated rings. The molecule has 0 aliphatic heterocycles. The summed E-state index contributed by atoms with van der Waals surface area (Å²) in [4.78, 5) is 27.4. The lowest BCUT2D eigenvalue weighted by Crippen LogP contribution is -2.09. The SMILES string of the molecule is COC(=O)c1c(C#CCCC(=O)OCc2ccccc2)ncn1C. The van der Waals surface area contributed by atoms with E-state index in [0.29, 0.717) is 12.1 Å². The van der Waals surface area contributed by atoms with E-state index in [1.54, 1.807) is 11.6 Å². The average Bonchev–Trinajstić information content (AvgIpc) is 2.97. The van der Waals surface area contributed by atoms with Crippen molar-refractivity contribution >= 4 is 11.9 Å². The third-order valence-electron chi connectivity index (χ3n) is 3.22. The molecule has 0 amide bonds. The zero-order chi connectivity index (χ0) is 17.4. The highest BCUT2D eigenvalue weighted by Crippen LogP contribution is 2.07. The number of esters is 2. The van der Waals surface area contributed by atoms with E-state index < -0.39 is 5.97 Å². The number of benzene rings is 1. The molecular weight excluding hydrogens is 308 g/mol. The number of methoxy groups -OCH3 is 1. The standard InChI is InChI=1S/C18H18N2O4/c1-20-13-19-15(17(20)18(22)23-2)10-6-7-11-16(21)24-12-14-8-4-3-5-9-14/h3-5,8-9,13H,7,11-12H2,1-2H3. The van der Waals surface area contributed by atoms with Crippen molar-refractivity contribution in [2.24, 2.45) is 7.05 Å². The van der Waals surface area contributed by atoms with E-state index >= 15 is 0 Å². The monoisotopic (exact) mass is 326 g/mol. The number of nitrogens with zero attached hydrogens (tertiary/aromatic N) is 2. The van der Waals surface area contributed by atoms with E-state index in [0.717, 1.165) is 5.56 Å². The van der Waals surface area contributed by atoms with Crippen molar-refractivity contribution < 1.29 is 19.1 Å². The smallest absolute Gasteiger partial charge is 0.357 e. The van der Waals surface area contributed by atoms with Crippen molar-refractivity contribution in [1.29, 1.82) is 0 Å². The molecule has 0 bridgehead atoms. The molecule has 0 aliphatic rings. The number of imidazole rings is 1. The number of carbonyl (C=O) groups is 2. The molecule has 1 heterocycles. The highest BCUT2D eigenvalue weighted by molar-refractivity contribution is 5.89. The van der Waals surface area contributed by atoms with Gasteiger partial charge in [0, 0.05) is 13.5 Å². The van der Waals surface area contributed by atoms with Gasteiger partial charge in [-0.2, -0.15) is 0 Å². The molecule has 0 saturated carbocycles. The molecule has 124 valence electrons. The minimum absolute atomic E-state index is 0.181. The number of rotatable bonds is 5. The van der Waals surface area contributed by atoms with Gasteiger partial charge < -0.3 is 14.0 Å². The molecule has 0 saturated heterocycles. The number of aryl methyl sites for hydroxylation is 1. The van der Waals surface area contributed by atoms with Gasteiger partial charge >= 0.3 is 11.9 Å². The van der Waals surface area contributed by atoms with Crippen LogP contribution in [0.25, 0.3) is 0 Å². The minimum Gasteiger partial charge on any atom is -0.464 e. The largest absolute Gasteiger partial charge is 0.464 e. The average molecular weight is 326 g/mol. The fraction of sp³-hybridized carbons (Fsp3) is 0.278. The van der Waals surface area contributed by atoms with Gasteiger partial charge in [0.1, 0.15) is 12.3 Å². The summed E-state index contributed by atoms with van der Waals surface area (Å²) in [6.07, 6.45) is 2.00. The summed E-state index contributed by atoms with van der Waals surface area (Å²) >= 11 is 0. The Morgan fingerprint density at radius 1 is 1.25 bits per heavy atom. The quantitative estimate of drug-likeness (QED) is 0.621. The maximum atomic E-state index is 11.7. The first-order valence-corrected chi connectivity index (χ1v) is 7.40. The predicted molar refractivity (Wildman–Crippen MR) is 86.9 cm³/mol. The molecule has 2 aromatic rings. The molecular formula is C18H18N2O4. The molecule has 1 aromatic heterocycles. The first-order valence-electron chi connectivity index (χ1n) is 7.40. The van der Waals surface area contributed by atoms with Crippen LogP contribution in [0.3, 0.4) is 0 Å². The van der Waals surface area contributed by atoms with Crippen molar-refractivity contribution in [3.63, 3.8) is 0 Å². The number of carbonyl (C=O) groups excluding carboxylic acids is 2. The number of hydrogen-bond acceptors (Lipinski definition) is 5. The first kappa shape index (κ1) is 17.3. The van der Waals surface area contributed by atoms with Crippen LogP contribution in [0.2, 0.25) is 0 Å². The van der Waals surface area contributed by atoms with Crippen molar-refractivity contribution in [2.45, 2.75) is 19.4 Å². The summed E-state index contributed by atoms with van der Waals surface area (Å²) < 4.78 is 11.4. The summed E-state index contributed by atoms with van der Waals surface area (Å²) in [6.45, 7) is 0.250. The maximum Gasteiger partial charge on any atom is 0.357 e. The van der Waals surface area contributed by atoms with Gasteiger partial charge in [0.15, 0.2) is 5.69 Å². The molecule has 6 nitrogen and oxygen atoms in total. The van der Waals surface area contributed by atoms with Gasteiger partial charge in [-0.3, -0.25) is 4.79 Å². The van der Waals surface area contributed by atoms with Gasteiger partial charge in [0.05, 0.1) is 19.9 Å². The normalized spacial score (nSPS) is 9.75. The Hall–Kier alpha value is -3.07. The fourth-order valence-electron chi connectivity index (χ4n) is 1.98. The van der Waals surface area contributed by atoms with E-state index in [1.165, 1.54) is 13.4 Å². The minimum atomic E-state index is -0.499. The first-order chi connectivity index (χ1) is 11.6. The van der Waals surface area contributed by atoms with E-state index in [4.69, 9.17) is 9.47 Å². The summed E-state index contributed by atoms with van der Waals surface area (Å²) in [6, 6.07) is 9.47. The van der Waals surface area contributed by atoms with Gasteiger partial charge in [-0.05, 0) is 11.5 Å². The Morgan fingerprint density at radius 2 is 2.00 bits per heavy atom. The second-order valence-corrected chi connectivity index (χ2v) is 4.99. The third-order valence-corrected chi connectivity index (χ3v) is 3.22. The molecule has 0 unspecified atom stereocenters. The predicted octanol–water partition coefficient (Wildman–Crippen LogP) is 2.08. The molecule has 6 heteroatoms. The molecule has 0 atom stereocenters. The summed E-state index contributed by atoms with van der Waals surface area (Å²) in [7, 11) is 2.99. The van der Waals surface area contributed by atoms with Crippen LogP contribution in [0.5, 0.6) is 0 Å². The van der Waals surface area contributed by atoms with Crippen LogP contribution in [0.1, 0.15) is 34.6 Å². The van der Waals surface area contributed by atoms with Gasteiger partial charge in [-0.1, -0.05) is 36.3 Å². The van der Waals surface area contributed by atoms with Crippen LogP contribution in [0.15, 0.2) is 36.7 Å². The van der Waals surface area contributed by atoms with E-state index in [1.807, 2.05) is 30.3 Å². The third kappa shape index (κ3) is 4.71. The zero-order valence-electron chi connectivity index (χ0n) is 13.6.